The van der Waals surface area contributed by atoms with E-state index >= 15 is 0 Å². The first-order chi connectivity index (χ1) is 9.32. The molecule has 1 aromatic heterocycles. The number of rotatable bonds is 5. The van der Waals surface area contributed by atoms with Crippen molar-refractivity contribution in [3.63, 3.8) is 0 Å². The minimum absolute atomic E-state index is 0.0644. The molecule has 0 unspecified atom stereocenters. The zero-order valence-corrected chi connectivity index (χ0v) is 12.2. The molecule has 0 aliphatic heterocycles. The molecule has 0 saturated carbocycles. The Bertz CT molecular complexity index is 493. The van der Waals surface area contributed by atoms with Crippen molar-refractivity contribution in [1.82, 2.24) is 4.98 Å². The Labute approximate surface area is 121 Å². The van der Waals surface area contributed by atoms with Crippen LogP contribution in [0.1, 0.15) is 23.0 Å². The minimum Gasteiger partial charge on any atom is -0.481 e. The predicted molar refractivity (Wildman–Crippen MR) is 66.1 cm³/mol. The summed E-state index contributed by atoms with van der Waals surface area (Å²) in [5, 5.41) is -0.0659. The number of methoxy groups -OCH3 is 1. The van der Waals surface area contributed by atoms with E-state index in [9.17, 15) is 18.0 Å². The van der Waals surface area contributed by atoms with Gasteiger partial charge in [0.05, 0.1) is 13.7 Å². The lowest BCUT2D eigenvalue weighted by molar-refractivity contribution is -0.274. The Morgan fingerprint density at radius 3 is 2.55 bits per heavy atom. The first kappa shape index (κ1) is 16.5. The predicted octanol–water partition coefficient (Wildman–Crippen LogP) is 3.06. The summed E-state index contributed by atoms with van der Waals surface area (Å²) in [6, 6.07) is 0.951. The Morgan fingerprint density at radius 1 is 1.45 bits per heavy atom. The second-order valence-electron chi connectivity index (χ2n) is 3.39. The van der Waals surface area contributed by atoms with E-state index in [-0.39, 0.29) is 29.1 Å². The molecule has 9 heteroatoms. The highest BCUT2D eigenvalue weighted by Gasteiger charge is 2.34. The van der Waals surface area contributed by atoms with Crippen LogP contribution in [0.25, 0.3) is 0 Å². The van der Waals surface area contributed by atoms with Gasteiger partial charge >= 0.3 is 12.3 Å². The second kappa shape index (κ2) is 6.78. The number of hydrogen-bond donors (Lipinski definition) is 0. The number of pyridine rings is 1. The Kier molecular flexibility index (Phi) is 5.61. The third kappa shape index (κ3) is 4.26. The zero-order valence-electron chi connectivity index (χ0n) is 10.6. The molecule has 1 heterocycles. The number of nitrogens with zero attached hydrogens (tertiary/aromatic N) is 1. The Hall–Kier alpha value is -1.51. The number of esters is 1. The van der Waals surface area contributed by atoms with Crippen molar-refractivity contribution in [3.05, 3.63) is 17.3 Å². The van der Waals surface area contributed by atoms with Crippen molar-refractivity contribution in [1.29, 1.82) is 0 Å². The highest BCUT2D eigenvalue weighted by atomic mass is 79.9. The van der Waals surface area contributed by atoms with Crippen LogP contribution in [0.3, 0.4) is 0 Å². The molecule has 1 aromatic rings. The van der Waals surface area contributed by atoms with Crippen molar-refractivity contribution >= 4 is 21.9 Å². The number of alkyl halides is 4. The van der Waals surface area contributed by atoms with Crippen molar-refractivity contribution in [2.45, 2.75) is 18.6 Å². The normalized spacial score (nSPS) is 11.1. The lowest BCUT2D eigenvalue weighted by Gasteiger charge is -2.15. The van der Waals surface area contributed by atoms with E-state index in [1.54, 1.807) is 6.92 Å². The fourth-order valence-corrected chi connectivity index (χ4v) is 1.89. The molecule has 0 aromatic carbocycles. The maximum atomic E-state index is 12.4. The van der Waals surface area contributed by atoms with Crippen LogP contribution >= 0.6 is 15.9 Å². The van der Waals surface area contributed by atoms with Gasteiger partial charge in [0, 0.05) is 17.0 Å². The molecular weight excluding hydrogens is 347 g/mol. The van der Waals surface area contributed by atoms with Crippen LogP contribution in [0.4, 0.5) is 13.2 Å². The standard InChI is InChI=1S/C11H11BrF3NO4/c1-3-19-10(17)9-6(5-12)7(20-11(13,14)15)4-8(16-9)18-2/h4H,3,5H2,1-2H3. The first-order valence-corrected chi connectivity index (χ1v) is 6.51. The van der Waals surface area contributed by atoms with Gasteiger partial charge < -0.3 is 14.2 Å². The van der Waals surface area contributed by atoms with Crippen LogP contribution < -0.4 is 9.47 Å². The molecule has 0 amide bonds. The highest BCUT2D eigenvalue weighted by molar-refractivity contribution is 9.08. The van der Waals surface area contributed by atoms with Crippen LogP contribution in [0, 0.1) is 0 Å². The third-order valence-electron chi connectivity index (χ3n) is 2.10. The van der Waals surface area contributed by atoms with Gasteiger partial charge in [0.15, 0.2) is 5.69 Å². The van der Waals surface area contributed by atoms with Gasteiger partial charge in [0.2, 0.25) is 5.88 Å². The molecule has 0 aliphatic rings. The molecule has 0 bridgehead atoms. The maximum absolute atomic E-state index is 12.4. The van der Waals surface area contributed by atoms with Crippen LogP contribution in [0.5, 0.6) is 11.6 Å². The van der Waals surface area contributed by atoms with Crippen molar-refractivity contribution in [3.8, 4) is 11.6 Å². The van der Waals surface area contributed by atoms with Crippen molar-refractivity contribution in [2.24, 2.45) is 0 Å². The van der Waals surface area contributed by atoms with Gasteiger partial charge in [0.25, 0.3) is 0 Å². The SMILES string of the molecule is CCOC(=O)c1nc(OC)cc(OC(F)(F)F)c1CBr. The average molecular weight is 358 g/mol. The van der Waals surface area contributed by atoms with E-state index in [0.717, 1.165) is 6.07 Å². The number of halogens is 4. The monoisotopic (exact) mass is 357 g/mol. The van der Waals surface area contributed by atoms with E-state index < -0.39 is 18.1 Å². The summed E-state index contributed by atoms with van der Waals surface area (Å²) in [5.74, 6) is -1.60. The van der Waals surface area contributed by atoms with E-state index in [4.69, 9.17) is 9.47 Å². The van der Waals surface area contributed by atoms with Gasteiger partial charge in [-0.25, -0.2) is 9.78 Å². The van der Waals surface area contributed by atoms with Crippen LogP contribution in [0.15, 0.2) is 6.07 Å². The molecule has 0 radical (unpaired) electrons. The molecule has 0 N–H and O–H groups in total. The molecule has 0 atom stereocenters. The average Bonchev–Trinajstić information content (AvgIpc) is 2.36. The van der Waals surface area contributed by atoms with E-state index in [1.807, 2.05) is 0 Å². The van der Waals surface area contributed by atoms with E-state index in [2.05, 4.69) is 25.7 Å². The maximum Gasteiger partial charge on any atom is 0.573 e. The van der Waals surface area contributed by atoms with Crippen molar-refractivity contribution in [2.75, 3.05) is 13.7 Å². The van der Waals surface area contributed by atoms with Crippen LogP contribution in [0.2, 0.25) is 0 Å². The fourth-order valence-electron chi connectivity index (χ4n) is 1.34. The Morgan fingerprint density at radius 2 is 2.10 bits per heavy atom. The lowest BCUT2D eigenvalue weighted by atomic mass is 10.2. The molecule has 0 spiro atoms. The summed E-state index contributed by atoms with van der Waals surface area (Å²) in [5.41, 5.74) is -0.357. The summed E-state index contributed by atoms with van der Waals surface area (Å²) in [4.78, 5) is 15.5. The fraction of sp³-hybridized carbons (Fsp3) is 0.455. The summed E-state index contributed by atoms with van der Waals surface area (Å²) in [6.45, 7) is 1.63. The number of carbonyl (C=O) groups excluding carboxylic acids is 1. The van der Waals surface area contributed by atoms with Gasteiger partial charge in [0.1, 0.15) is 5.75 Å². The number of hydrogen-bond acceptors (Lipinski definition) is 5. The third-order valence-corrected chi connectivity index (χ3v) is 2.66. The summed E-state index contributed by atoms with van der Waals surface area (Å²) >= 11 is 3.00. The molecule has 112 valence electrons. The van der Waals surface area contributed by atoms with E-state index in [1.165, 1.54) is 7.11 Å². The number of aromatic nitrogens is 1. The molecule has 1 rings (SSSR count). The molecule has 0 saturated heterocycles. The van der Waals surface area contributed by atoms with Crippen LogP contribution in [-0.2, 0) is 10.1 Å². The van der Waals surface area contributed by atoms with Gasteiger partial charge in [-0.05, 0) is 6.92 Å². The molecular formula is C11H11BrF3NO4. The molecule has 0 fully saturated rings. The second-order valence-corrected chi connectivity index (χ2v) is 3.95. The number of ether oxygens (including phenoxy) is 3. The quantitative estimate of drug-likeness (QED) is 0.598. The highest BCUT2D eigenvalue weighted by Crippen LogP contribution is 2.32. The minimum atomic E-state index is -4.89. The first-order valence-electron chi connectivity index (χ1n) is 5.39. The zero-order chi connectivity index (χ0) is 15.3. The molecule has 0 aliphatic carbocycles. The summed E-state index contributed by atoms with van der Waals surface area (Å²) in [6.07, 6.45) is -4.89. The van der Waals surface area contributed by atoms with Crippen LogP contribution in [-0.4, -0.2) is 31.0 Å². The van der Waals surface area contributed by atoms with E-state index in [0.29, 0.717) is 0 Å². The van der Waals surface area contributed by atoms with Gasteiger partial charge in [-0.3, -0.25) is 0 Å². The summed E-state index contributed by atoms with van der Waals surface area (Å²) < 4.78 is 50.5. The Balaban J connectivity index is 3.34. The van der Waals surface area contributed by atoms with Gasteiger partial charge in [-0.15, -0.1) is 13.2 Å². The van der Waals surface area contributed by atoms with Gasteiger partial charge in [-0.2, -0.15) is 0 Å². The molecule has 5 nitrogen and oxygen atoms in total. The number of carbonyl (C=O) groups is 1. The lowest BCUT2D eigenvalue weighted by Crippen LogP contribution is -2.20. The topological polar surface area (TPSA) is 57.7 Å². The van der Waals surface area contributed by atoms with Gasteiger partial charge in [-0.1, -0.05) is 15.9 Å². The largest absolute Gasteiger partial charge is 0.573 e. The molecule has 20 heavy (non-hydrogen) atoms. The van der Waals surface area contributed by atoms with Crippen molar-refractivity contribution < 1.29 is 32.2 Å². The summed E-state index contributed by atoms with van der Waals surface area (Å²) in [7, 11) is 1.21. The smallest absolute Gasteiger partial charge is 0.481 e.